The van der Waals surface area contributed by atoms with Gasteiger partial charge < -0.3 is 15.6 Å². The normalized spacial score (nSPS) is 10.6. The number of hydrogen-bond donors (Lipinski definition) is 3. The maximum atomic E-state index is 10.3. The Labute approximate surface area is 113 Å². The van der Waals surface area contributed by atoms with E-state index in [4.69, 9.17) is 15.6 Å². The third-order valence-corrected chi connectivity index (χ3v) is 2.69. The third kappa shape index (κ3) is 7.56. The molecule has 5 nitrogen and oxygen atoms in total. The van der Waals surface area contributed by atoms with Gasteiger partial charge in [-0.15, -0.1) is 0 Å². The molecular weight excluding hydrogens is 244 g/mol. The average Bonchev–Trinajstić information content (AvgIpc) is 2.41. The Bertz CT molecular complexity index is 383. The number of ether oxygens (including phenoxy) is 1. The lowest BCUT2D eigenvalue weighted by atomic mass is 10.1. The number of nitrogens with two attached hydrogens (primary N) is 1. The zero-order valence-corrected chi connectivity index (χ0v) is 11.1. The Kier molecular flexibility index (Phi) is 7.81. The van der Waals surface area contributed by atoms with Crippen molar-refractivity contribution < 1.29 is 14.6 Å². The largest absolute Gasteiger partial charge is 0.481 e. The molecule has 0 heterocycles. The van der Waals surface area contributed by atoms with Gasteiger partial charge in [0.25, 0.3) is 0 Å². The predicted octanol–water partition coefficient (Wildman–Crippen LogP) is 1.46. The van der Waals surface area contributed by atoms with Gasteiger partial charge in [-0.2, -0.15) is 0 Å². The summed E-state index contributed by atoms with van der Waals surface area (Å²) < 4.78 is 5.37. The van der Waals surface area contributed by atoms with E-state index in [2.05, 4.69) is 11.4 Å². The second-order valence-electron chi connectivity index (χ2n) is 4.35. The van der Waals surface area contributed by atoms with Crippen LogP contribution in [0, 0.1) is 0 Å². The molecule has 0 atom stereocenters. The zero-order valence-electron chi connectivity index (χ0n) is 11.1. The summed E-state index contributed by atoms with van der Waals surface area (Å²) >= 11 is 0. The molecule has 5 heteroatoms. The van der Waals surface area contributed by atoms with E-state index in [1.54, 1.807) is 0 Å². The molecule has 0 unspecified atom stereocenters. The Morgan fingerprint density at radius 3 is 2.84 bits per heavy atom. The molecule has 0 bridgehead atoms. The van der Waals surface area contributed by atoms with Gasteiger partial charge >= 0.3 is 5.97 Å². The predicted molar refractivity (Wildman–Crippen MR) is 73.5 cm³/mol. The number of unbranched alkanes of at least 4 members (excludes halogenated alkanes) is 1. The van der Waals surface area contributed by atoms with Gasteiger partial charge in [-0.25, -0.2) is 0 Å². The lowest BCUT2D eigenvalue weighted by Crippen LogP contribution is -2.18. The second kappa shape index (κ2) is 9.49. The molecule has 4 N–H and O–H groups in total. The first kappa shape index (κ1) is 15.6. The Hall–Kier alpha value is -1.43. The van der Waals surface area contributed by atoms with Crippen LogP contribution in [0.5, 0.6) is 0 Å². The fraction of sp³-hybridized carbons (Fsp3) is 0.500. The van der Waals surface area contributed by atoms with E-state index in [1.807, 2.05) is 18.2 Å². The van der Waals surface area contributed by atoms with Crippen molar-refractivity contribution in [3.63, 3.8) is 0 Å². The number of carboxylic acid groups (broad SMARTS) is 1. The van der Waals surface area contributed by atoms with Gasteiger partial charge in [0.1, 0.15) is 0 Å². The first-order chi connectivity index (χ1) is 9.22. The number of aliphatic carboxylic acids is 1. The number of carbonyl (C=O) groups is 1. The molecule has 0 fully saturated rings. The molecule has 106 valence electrons. The molecule has 1 aromatic rings. The van der Waals surface area contributed by atoms with Crippen LogP contribution in [0.2, 0.25) is 0 Å². The molecule has 1 rings (SSSR count). The van der Waals surface area contributed by atoms with E-state index < -0.39 is 5.97 Å². The van der Waals surface area contributed by atoms with E-state index in [9.17, 15) is 4.79 Å². The molecule has 0 saturated heterocycles. The summed E-state index contributed by atoms with van der Waals surface area (Å²) in [7, 11) is 0. The molecule has 0 aliphatic heterocycles. The summed E-state index contributed by atoms with van der Waals surface area (Å²) in [5.74, 6) is -0.752. The quantitative estimate of drug-likeness (QED) is 0.441. The minimum atomic E-state index is -0.752. The van der Waals surface area contributed by atoms with E-state index >= 15 is 0 Å². The Balaban J connectivity index is 2.02. The van der Waals surface area contributed by atoms with Crippen molar-refractivity contribution in [1.82, 2.24) is 5.32 Å². The van der Waals surface area contributed by atoms with E-state index in [1.165, 1.54) is 5.56 Å². The molecule has 0 radical (unpaired) electrons. The van der Waals surface area contributed by atoms with Crippen LogP contribution in [-0.4, -0.2) is 24.4 Å². The highest BCUT2D eigenvalue weighted by Gasteiger charge is 1.97. The van der Waals surface area contributed by atoms with Crippen molar-refractivity contribution >= 4 is 5.97 Å². The first-order valence-corrected chi connectivity index (χ1v) is 6.50. The molecule has 0 spiro atoms. The van der Waals surface area contributed by atoms with E-state index in [0.29, 0.717) is 26.3 Å². The monoisotopic (exact) mass is 266 g/mol. The van der Waals surface area contributed by atoms with Crippen LogP contribution in [-0.2, 0) is 22.6 Å². The molecule has 0 amide bonds. The summed E-state index contributed by atoms with van der Waals surface area (Å²) in [4.78, 5) is 10.3. The molecule has 1 aromatic carbocycles. The summed E-state index contributed by atoms with van der Waals surface area (Å²) in [5, 5.41) is 11.6. The standard InChI is InChI=1S/C14H22N2O3/c15-9-12-4-3-5-13(8-12)10-16-11-19-7-2-1-6-14(17)18/h3-5,8,16H,1-2,6-7,9-11,15H2,(H,17,18). The van der Waals surface area contributed by atoms with Crippen LogP contribution in [0.3, 0.4) is 0 Å². The highest BCUT2D eigenvalue weighted by Crippen LogP contribution is 2.04. The average molecular weight is 266 g/mol. The summed E-state index contributed by atoms with van der Waals surface area (Å²) in [6.45, 7) is 2.35. The molecule has 0 saturated carbocycles. The van der Waals surface area contributed by atoms with Crippen LogP contribution in [0.25, 0.3) is 0 Å². The minimum Gasteiger partial charge on any atom is -0.481 e. The number of rotatable bonds is 10. The van der Waals surface area contributed by atoms with Crippen molar-refractivity contribution in [2.75, 3.05) is 13.3 Å². The van der Waals surface area contributed by atoms with Gasteiger partial charge in [-0.05, 0) is 24.0 Å². The van der Waals surface area contributed by atoms with Crippen LogP contribution in [0.4, 0.5) is 0 Å². The molecule has 0 aliphatic rings. The van der Waals surface area contributed by atoms with Gasteiger partial charge in [0.15, 0.2) is 0 Å². The highest BCUT2D eigenvalue weighted by molar-refractivity contribution is 5.66. The third-order valence-electron chi connectivity index (χ3n) is 2.69. The zero-order chi connectivity index (χ0) is 13.9. The van der Waals surface area contributed by atoms with Crippen LogP contribution in [0.15, 0.2) is 24.3 Å². The lowest BCUT2D eigenvalue weighted by molar-refractivity contribution is -0.137. The minimum absolute atomic E-state index is 0.211. The number of carboxylic acids is 1. The molecule has 19 heavy (non-hydrogen) atoms. The van der Waals surface area contributed by atoms with Crippen molar-refractivity contribution in [2.24, 2.45) is 5.73 Å². The van der Waals surface area contributed by atoms with Gasteiger partial charge in [0.2, 0.25) is 0 Å². The van der Waals surface area contributed by atoms with E-state index in [0.717, 1.165) is 18.5 Å². The maximum Gasteiger partial charge on any atom is 0.303 e. The fourth-order valence-corrected chi connectivity index (χ4v) is 1.69. The van der Waals surface area contributed by atoms with Crippen LogP contribution >= 0.6 is 0 Å². The van der Waals surface area contributed by atoms with Crippen molar-refractivity contribution in [3.8, 4) is 0 Å². The summed E-state index contributed by atoms with van der Waals surface area (Å²) in [6.07, 6.45) is 1.65. The lowest BCUT2D eigenvalue weighted by Gasteiger charge is -2.07. The molecule has 0 aromatic heterocycles. The summed E-state index contributed by atoms with van der Waals surface area (Å²) in [5.41, 5.74) is 7.87. The Morgan fingerprint density at radius 2 is 2.11 bits per heavy atom. The van der Waals surface area contributed by atoms with E-state index in [-0.39, 0.29) is 6.42 Å². The fourth-order valence-electron chi connectivity index (χ4n) is 1.69. The molecule has 0 aliphatic carbocycles. The number of hydrogen-bond acceptors (Lipinski definition) is 4. The van der Waals surface area contributed by atoms with Gasteiger partial charge in [0, 0.05) is 26.1 Å². The number of benzene rings is 1. The molecular formula is C14H22N2O3. The van der Waals surface area contributed by atoms with Crippen LogP contribution < -0.4 is 11.1 Å². The van der Waals surface area contributed by atoms with Crippen LogP contribution in [0.1, 0.15) is 30.4 Å². The van der Waals surface area contributed by atoms with Crippen molar-refractivity contribution in [1.29, 1.82) is 0 Å². The topological polar surface area (TPSA) is 84.6 Å². The highest BCUT2D eigenvalue weighted by atomic mass is 16.5. The first-order valence-electron chi connectivity index (χ1n) is 6.50. The summed E-state index contributed by atoms with van der Waals surface area (Å²) in [6, 6.07) is 8.10. The van der Waals surface area contributed by atoms with Gasteiger partial charge in [-0.3, -0.25) is 10.1 Å². The number of nitrogens with one attached hydrogen (secondary N) is 1. The van der Waals surface area contributed by atoms with Crippen molar-refractivity contribution in [3.05, 3.63) is 35.4 Å². The smallest absolute Gasteiger partial charge is 0.303 e. The second-order valence-corrected chi connectivity index (χ2v) is 4.35. The maximum absolute atomic E-state index is 10.3. The van der Waals surface area contributed by atoms with Gasteiger partial charge in [-0.1, -0.05) is 24.3 Å². The SMILES string of the molecule is NCc1cccc(CNCOCCCCC(=O)O)c1. The van der Waals surface area contributed by atoms with Gasteiger partial charge in [0.05, 0.1) is 6.73 Å². The Morgan fingerprint density at radius 1 is 1.32 bits per heavy atom. The van der Waals surface area contributed by atoms with Crippen molar-refractivity contribution in [2.45, 2.75) is 32.4 Å².